The van der Waals surface area contributed by atoms with Crippen molar-refractivity contribution in [1.29, 1.82) is 0 Å². The molecule has 10 heteroatoms. The molecule has 1 amide bonds. The number of nitrogens with one attached hydrogen (secondary N) is 3. The number of H-pyrrole nitrogens is 2. The Labute approximate surface area is 163 Å². The normalized spacial score (nSPS) is 12.4. The van der Waals surface area contributed by atoms with E-state index in [4.69, 9.17) is 4.42 Å². The molecule has 4 rings (SSSR count). The van der Waals surface area contributed by atoms with Crippen LogP contribution in [0.15, 0.2) is 44.9 Å². The first-order valence-electron chi connectivity index (χ1n) is 8.56. The number of aryl methyl sites for hydroxylation is 1. The number of aromatic amines is 2. The number of imidazole rings is 1. The summed E-state index contributed by atoms with van der Waals surface area (Å²) in [6, 6.07) is 7.03. The van der Waals surface area contributed by atoms with Crippen molar-refractivity contribution in [2.75, 3.05) is 5.32 Å². The van der Waals surface area contributed by atoms with E-state index in [0.29, 0.717) is 27.7 Å². The van der Waals surface area contributed by atoms with Crippen molar-refractivity contribution in [2.45, 2.75) is 24.3 Å². The highest BCUT2D eigenvalue weighted by molar-refractivity contribution is 8.00. The van der Waals surface area contributed by atoms with Crippen molar-refractivity contribution in [2.24, 2.45) is 7.05 Å². The molecular formula is C18H18N6O3S. The van der Waals surface area contributed by atoms with Crippen LogP contribution in [0, 0.1) is 6.92 Å². The molecule has 3 N–H and O–H groups in total. The number of furan rings is 1. The molecule has 144 valence electrons. The lowest BCUT2D eigenvalue weighted by atomic mass is 10.2. The number of hydrogen-bond donors (Lipinski definition) is 3. The maximum atomic E-state index is 12.6. The molecule has 3 aromatic heterocycles. The number of amides is 1. The number of nitrogens with zero attached hydrogens (tertiary/aromatic N) is 3. The number of benzene rings is 1. The Kier molecular flexibility index (Phi) is 4.55. The molecule has 9 nitrogen and oxygen atoms in total. The molecule has 1 atom stereocenters. The Hall–Kier alpha value is -3.27. The van der Waals surface area contributed by atoms with E-state index in [1.165, 1.54) is 11.8 Å². The maximum Gasteiger partial charge on any atom is 0.323 e. The van der Waals surface area contributed by atoms with E-state index < -0.39 is 5.25 Å². The van der Waals surface area contributed by atoms with E-state index >= 15 is 0 Å². The number of fused-ring (bicyclic) bond motifs is 1. The first-order chi connectivity index (χ1) is 13.4. The van der Waals surface area contributed by atoms with Crippen molar-refractivity contribution in [1.82, 2.24) is 24.7 Å². The molecule has 1 unspecified atom stereocenters. The summed E-state index contributed by atoms with van der Waals surface area (Å²) in [7, 11) is 1.85. The fourth-order valence-corrected chi connectivity index (χ4v) is 3.65. The van der Waals surface area contributed by atoms with Crippen molar-refractivity contribution < 1.29 is 9.21 Å². The molecule has 0 aliphatic rings. The number of aromatic nitrogens is 5. The van der Waals surface area contributed by atoms with Crippen molar-refractivity contribution >= 4 is 34.4 Å². The van der Waals surface area contributed by atoms with Gasteiger partial charge < -0.3 is 24.3 Å². The highest BCUT2D eigenvalue weighted by Gasteiger charge is 2.20. The summed E-state index contributed by atoms with van der Waals surface area (Å²) < 4.78 is 7.16. The highest BCUT2D eigenvalue weighted by atomic mass is 32.2. The fraction of sp³-hybridized carbons (Fsp3) is 0.222. The van der Waals surface area contributed by atoms with Crippen LogP contribution in [0.5, 0.6) is 0 Å². The zero-order chi connectivity index (χ0) is 19.8. The van der Waals surface area contributed by atoms with Crippen LogP contribution in [0.2, 0.25) is 0 Å². The van der Waals surface area contributed by atoms with E-state index in [-0.39, 0.29) is 11.6 Å². The summed E-state index contributed by atoms with van der Waals surface area (Å²) in [4.78, 5) is 29.3. The third-order valence-corrected chi connectivity index (χ3v) is 5.50. The number of carbonyl (C=O) groups is 1. The Morgan fingerprint density at radius 2 is 2.04 bits per heavy atom. The largest absolute Gasteiger partial charge is 0.469 e. The zero-order valence-electron chi connectivity index (χ0n) is 15.4. The minimum atomic E-state index is -0.401. The summed E-state index contributed by atoms with van der Waals surface area (Å²) in [5.74, 6) is 1.27. The second-order valence-corrected chi connectivity index (χ2v) is 7.65. The van der Waals surface area contributed by atoms with Gasteiger partial charge >= 0.3 is 5.69 Å². The molecule has 0 radical (unpaired) electrons. The first-order valence-corrected chi connectivity index (χ1v) is 9.44. The first kappa shape index (κ1) is 18.1. The Morgan fingerprint density at radius 1 is 1.25 bits per heavy atom. The summed E-state index contributed by atoms with van der Waals surface area (Å²) in [5.41, 5.74) is 2.51. The second-order valence-electron chi connectivity index (χ2n) is 6.34. The number of thioether (sulfide) groups is 1. The SMILES string of the molecule is Cc1occc1-c1nnc(SC(C)C(=O)Nc2ccc3[nH]c(=O)[nH]c3c2)n1C. The minimum absolute atomic E-state index is 0.175. The van der Waals surface area contributed by atoms with Crippen molar-refractivity contribution in [3.63, 3.8) is 0 Å². The molecule has 4 aromatic rings. The summed E-state index contributed by atoms with van der Waals surface area (Å²) in [6.07, 6.45) is 1.61. The highest BCUT2D eigenvalue weighted by Crippen LogP contribution is 2.28. The fourth-order valence-electron chi connectivity index (χ4n) is 2.83. The average molecular weight is 398 g/mol. The Balaban J connectivity index is 1.47. The van der Waals surface area contributed by atoms with Crippen LogP contribution < -0.4 is 11.0 Å². The lowest BCUT2D eigenvalue weighted by Gasteiger charge is -2.11. The molecule has 0 aliphatic carbocycles. The van der Waals surface area contributed by atoms with Gasteiger partial charge in [-0.25, -0.2) is 4.79 Å². The van der Waals surface area contributed by atoms with E-state index in [2.05, 4.69) is 25.5 Å². The maximum absolute atomic E-state index is 12.6. The number of anilines is 1. The van der Waals surface area contributed by atoms with E-state index in [9.17, 15) is 9.59 Å². The summed E-state index contributed by atoms with van der Waals surface area (Å²) >= 11 is 1.31. The molecule has 0 saturated carbocycles. The predicted molar refractivity (Wildman–Crippen MR) is 106 cm³/mol. The van der Waals surface area contributed by atoms with Gasteiger partial charge in [-0.3, -0.25) is 4.79 Å². The smallest absolute Gasteiger partial charge is 0.323 e. The molecule has 3 heterocycles. The third kappa shape index (κ3) is 3.33. The quantitative estimate of drug-likeness (QED) is 0.444. The van der Waals surface area contributed by atoms with E-state index in [0.717, 1.165) is 11.3 Å². The van der Waals surface area contributed by atoms with Gasteiger partial charge in [-0.15, -0.1) is 10.2 Å². The molecule has 0 saturated heterocycles. The lowest BCUT2D eigenvalue weighted by molar-refractivity contribution is -0.115. The van der Waals surface area contributed by atoms with Crippen LogP contribution in [-0.2, 0) is 11.8 Å². The van der Waals surface area contributed by atoms with Crippen molar-refractivity contribution in [3.8, 4) is 11.4 Å². The van der Waals surface area contributed by atoms with Crippen LogP contribution in [0.3, 0.4) is 0 Å². The molecule has 0 aliphatic heterocycles. The van der Waals surface area contributed by atoms with Gasteiger partial charge in [0.15, 0.2) is 11.0 Å². The van der Waals surface area contributed by atoms with Crippen molar-refractivity contribution in [3.05, 3.63) is 46.8 Å². The number of hydrogen-bond acceptors (Lipinski definition) is 6. The molecule has 1 aromatic carbocycles. The van der Waals surface area contributed by atoms with Gasteiger partial charge in [-0.1, -0.05) is 11.8 Å². The molecule has 28 heavy (non-hydrogen) atoms. The van der Waals surface area contributed by atoms with Crippen LogP contribution in [0.4, 0.5) is 5.69 Å². The lowest BCUT2D eigenvalue weighted by Crippen LogP contribution is -2.22. The molecule has 0 bridgehead atoms. The monoisotopic (exact) mass is 398 g/mol. The van der Waals surface area contributed by atoms with E-state index in [1.807, 2.05) is 24.6 Å². The predicted octanol–water partition coefficient (Wildman–Crippen LogP) is 2.67. The summed E-state index contributed by atoms with van der Waals surface area (Å²) in [6.45, 7) is 3.66. The van der Waals surface area contributed by atoms with Crippen LogP contribution in [0.1, 0.15) is 12.7 Å². The van der Waals surface area contributed by atoms with Crippen LogP contribution in [-0.4, -0.2) is 35.9 Å². The third-order valence-electron chi connectivity index (χ3n) is 4.37. The molecule has 0 spiro atoms. The Bertz CT molecular complexity index is 1220. The van der Waals surface area contributed by atoms with E-state index in [1.54, 1.807) is 31.4 Å². The van der Waals surface area contributed by atoms with Crippen LogP contribution >= 0.6 is 11.8 Å². The van der Waals surface area contributed by atoms with Gasteiger partial charge in [-0.2, -0.15) is 0 Å². The van der Waals surface area contributed by atoms with Gasteiger partial charge in [0.1, 0.15) is 5.76 Å². The molecule has 0 fully saturated rings. The Morgan fingerprint density at radius 3 is 2.79 bits per heavy atom. The van der Waals surface area contributed by atoms with Crippen LogP contribution in [0.25, 0.3) is 22.4 Å². The molecular weight excluding hydrogens is 380 g/mol. The van der Waals surface area contributed by atoms with Gasteiger partial charge in [0, 0.05) is 12.7 Å². The standard InChI is InChI=1S/C18H18N6O3S/c1-9-12(6-7-27-9)15-22-23-18(24(15)3)28-10(2)16(25)19-11-4-5-13-14(8-11)21-17(26)20-13/h4-8,10H,1-3H3,(H,19,25)(H2,20,21,26). The van der Waals surface area contributed by atoms with Gasteiger partial charge in [-0.05, 0) is 38.1 Å². The summed E-state index contributed by atoms with van der Waals surface area (Å²) in [5, 5.41) is 11.5. The van der Waals surface area contributed by atoms with Gasteiger partial charge in [0.2, 0.25) is 5.91 Å². The van der Waals surface area contributed by atoms with Gasteiger partial charge in [0.25, 0.3) is 0 Å². The second kappa shape index (κ2) is 7.04. The average Bonchev–Trinajstić information content (AvgIpc) is 3.33. The zero-order valence-corrected chi connectivity index (χ0v) is 16.3. The number of rotatable bonds is 5. The van der Waals surface area contributed by atoms with Gasteiger partial charge in [0.05, 0.1) is 28.1 Å². The minimum Gasteiger partial charge on any atom is -0.469 e. The topological polar surface area (TPSA) is 122 Å². The number of carbonyl (C=O) groups excluding carboxylic acids is 1.